The number of nitrogen functional groups attached to an aromatic ring is 1. The van der Waals surface area contributed by atoms with Crippen molar-refractivity contribution >= 4 is 12.1 Å². The highest BCUT2D eigenvalue weighted by molar-refractivity contribution is 5.81. The van der Waals surface area contributed by atoms with Crippen molar-refractivity contribution in [2.24, 2.45) is 0 Å². The molecule has 1 aliphatic carbocycles. The summed E-state index contributed by atoms with van der Waals surface area (Å²) in [5.74, 6) is 0.520. The third-order valence-corrected chi connectivity index (χ3v) is 2.91. The predicted octanol–water partition coefficient (Wildman–Crippen LogP) is 1.78. The van der Waals surface area contributed by atoms with E-state index >= 15 is 0 Å². The van der Waals surface area contributed by atoms with Crippen molar-refractivity contribution in [3.8, 4) is 0 Å². The van der Waals surface area contributed by atoms with Crippen LogP contribution in [0.25, 0.3) is 0 Å². The van der Waals surface area contributed by atoms with Gasteiger partial charge in [0.2, 0.25) is 0 Å². The van der Waals surface area contributed by atoms with Crippen molar-refractivity contribution < 1.29 is 4.79 Å². The fourth-order valence-corrected chi connectivity index (χ4v) is 2.09. The standard InChI is InChI=1S/C10H15N3O/c11-10-8(7-14)6-12-13(10)9-4-2-1-3-5-9/h6-7,9H,1-5,11H2. The number of anilines is 1. The molecule has 1 aliphatic rings. The largest absolute Gasteiger partial charge is 0.383 e. The molecule has 0 unspecified atom stereocenters. The Morgan fingerprint density at radius 1 is 1.43 bits per heavy atom. The SMILES string of the molecule is Nc1c(C=O)cnn1C1CCCCC1. The van der Waals surface area contributed by atoms with Gasteiger partial charge in [0.05, 0.1) is 17.8 Å². The monoisotopic (exact) mass is 193 g/mol. The molecule has 1 heterocycles. The molecule has 0 atom stereocenters. The zero-order chi connectivity index (χ0) is 9.97. The summed E-state index contributed by atoms with van der Waals surface area (Å²) < 4.78 is 1.81. The lowest BCUT2D eigenvalue weighted by atomic mass is 9.96. The van der Waals surface area contributed by atoms with Crippen LogP contribution in [0, 0.1) is 0 Å². The van der Waals surface area contributed by atoms with Gasteiger partial charge in [-0.15, -0.1) is 0 Å². The summed E-state index contributed by atoms with van der Waals surface area (Å²) in [5.41, 5.74) is 6.32. The van der Waals surface area contributed by atoms with Gasteiger partial charge in [0.1, 0.15) is 5.82 Å². The van der Waals surface area contributed by atoms with Gasteiger partial charge >= 0.3 is 0 Å². The molecule has 0 radical (unpaired) electrons. The first-order chi connectivity index (χ1) is 6.83. The van der Waals surface area contributed by atoms with Gasteiger partial charge in [-0.2, -0.15) is 5.10 Å². The van der Waals surface area contributed by atoms with Crippen LogP contribution >= 0.6 is 0 Å². The van der Waals surface area contributed by atoms with Gasteiger partial charge in [0.15, 0.2) is 6.29 Å². The summed E-state index contributed by atoms with van der Waals surface area (Å²) in [7, 11) is 0. The maximum Gasteiger partial charge on any atom is 0.155 e. The molecule has 4 nitrogen and oxygen atoms in total. The van der Waals surface area contributed by atoms with Crippen LogP contribution in [0.15, 0.2) is 6.20 Å². The van der Waals surface area contributed by atoms with E-state index in [1.807, 2.05) is 4.68 Å². The number of rotatable bonds is 2. The van der Waals surface area contributed by atoms with Gasteiger partial charge in [-0.3, -0.25) is 4.79 Å². The van der Waals surface area contributed by atoms with Crippen molar-refractivity contribution in [3.05, 3.63) is 11.8 Å². The molecule has 0 aromatic carbocycles. The second kappa shape index (κ2) is 3.82. The first-order valence-corrected chi connectivity index (χ1v) is 5.11. The van der Waals surface area contributed by atoms with Crippen LogP contribution in [0.5, 0.6) is 0 Å². The number of nitrogens with two attached hydrogens (primary N) is 1. The highest BCUT2D eigenvalue weighted by atomic mass is 16.1. The van der Waals surface area contributed by atoms with Crippen molar-refractivity contribution in [3.63, 3.8) is 0 Å². The Morgan fingerprint density at radius 2 is 2.14 bits per heavy atom. The molecule has 14 heavy (non-hydrogen) atoms. The molecular formula is C10H15N3O. The van der Waals surface area contributed by atoms with Gasteiger partial charge in [-0.1, -0.05) is 19.3 Å². The summed E-state index contributed by atoms with van der Waals surface area (Å²) in [4.78, 5) is 10.6. The number of hydrogen-bond donors (Lipinski definition) is 1. The number of aromatic nitrogens is 2. The van der Waals surface area contributed by atoms with E-state index in [0.717, 1.165) is 19.1 Å². The van der Waals surface area contributed by atoms with Gasteiger partial charge in [0, 0.05) is 0 Å². The third-order valence-electron chi connectivity index (χ3n) is 2.91. The van der Waals surface area contributed by atoms with Crippen LogP contribution in [-0.4, -0.2) is 16.1 Å². The number of nitrogens with zero attached hydrogens (tertiary/aromatic N) is 2. The maximum atomic E-state index is 10.6. The molecule has 2 N–H and O–H groups in total. The Labute approximate surface area is 83.1 Å². The minimum atomic E-state index is 0.400. The zero-order valence-electron chi connectivity index (χ0n) is 8.15. The molecule has 0 amide bonds. The second-order valence-electron chi connectivity index (χ2n) is 3.84. The fourth-order valence-electron chi connectivity index (χ4n) is 2.09. The number of hydrogen-bond acceptors (Lipinski definition) is 3. The minimum absolute atomic E-state index is 0.400. The number of carbonyl (C=O) groups is 1. The van der Waals surface area contributed by atoms with Gasteiger partial charge in [0.25, 0.3) is 0 Å². The molecule has 2 rings (SSSR count). The first-order valence-electron chi connectivity index (χ1n) is 5.11. The smallest absolute Gasteiger partial charge is 0.155 e. The second-order valence-corrected chi connectivity index (χ2v) is 3.84. The van der Waals surface area contributed by atoms with Crippen LogP contribution < -0.4 is 5.73 Å². The summed E-state index contributed by atoms with van der Waals surface area (Å²) in [6.07, 6.45) is 8.35. The Morgan fingerprint density at radius 3 is 2.71 bits per heavy atom. The molecule has 1 aromatic heterocycles. The first kappa shape index (κ1) is 9.24. The van der Waals surface area contributed by atoms with Crippen molar-refractivity contribution in [1.82, 2.24) is 9.78 Å². The van der Waals surface area contributed by atoms with Gasteiger partial charge in [-0.25, -0.2) is 4.68 Å². The molecule has 1 aromatic rings. The lowest BCUT2D eigenvalue weighted by Crippen LogP contribution is -2.16. The summed E-state index contributed by atoms with van der Waals surface area (Å²) in [5, 5.41) is 4.17. The van der Waals surface area contributed by atoms with E-state index in [1.54, 1.807) is 6.20 Å². The predicted molar refractivity (Wildman–Crippen MR) is 54.1 cm³/mol. The minimum Gasteiger partial charge on any atom is -0.383 e. The third kappa shape index (κ3) is 1.52. The Kier molecular flexibility index (Phi) is 2.52. The normalized spacial score (nSPS) is 18.3. The average Bonchev–Trinajstić information content (AvgIpc) is 2.61. The summed E-state index contributed by atoms with van der Waals surface area (Å²) in [6.45, 7) is 0. The van der Waals surface area contributed by atoms with Crippen molar-refractivity contribution in [1.29, 1.82) is 0 Å². The summed E-state index contributed by atoms with van der Waals surface area (Å²) >= 11 is 0. The fraction of sp³-hybridized carbons (Fsp3) is 0.600. The molecule has 0 aliphatic heterocycles. The topological polar surface area (TPSA) is 60.9 Å². The van der Waals surface area contributed by atoms with Crippen LogP contribution in [0.3, 0.4) is 0 Å². The van der Waals surface area contributed by atoms with Crippen LogP contribution in [0.2, 0.25) is 0 Å². The lowest BCUT2D eigenvalue weighted by molar-refractivity contribution is 0.112. The Hall–Kier alpha value is -1.32. The Balaban J connectivity index is 2.22. The van der Waals surface area contributed by atoms with Crippen LogP contribution in [0.4, 0.5) is 5.82 Å². The highest BCUT2D eigenvalue weighted by Crippen LogP contribution is 2.29. The maximum absolute atomic E-state index is 10.6. The number of carbonyl (C=O) groups excluding carboxylic acids is 1. The van der Waals surface area contributed by atoms with E-state index < -0.39 is 0 Å². The van der Waals surface area contributed by atoms with E-state index in [9.17, 15) is 4.79 Å². The van der Waals surface area contributed by atoms with E-state index in [1.165, 1.54) is 19.3 Å². The molecular weight excluding hydrogens is 178 g/mol. The van der Waals surface area contributed by atoms with E-state index in [-0.39, 0.29) is 0 Å². The van der Waals surface area contributed by atoms with E-state index in [0.29, 0.717) is 17.4 Å². The molecule has 4 heteroatoms. The average molecular weight is 193 g/mol. The van der Waals surface area contributed by atoms with Gasteiger partial charge in [-0.05, 0) is 12.8 Å². The molecule has 0 spiro atoms. The zero-order valence-corrected chi connectivity index (χ0v) is 8.15. The number of aldehydes is 1. The Bertz CT molecular complexity index is 326. The summed E-state index contributed by atoms with van der Waals surface area (Å²) in [6, 6.07) is 0.400. The molecule has 0 saturated heterocycles. The lowest BCUT2D eigenvalue weighted by Gasteiger charge is -2.22. The quantitative estimate of drug-likeness (QED) is 0.728. The van der Waals surface area contributed by atoms with E-state index in [4.69, 9.17) is 5.73 Å². The molecule has 0 bridgehead atoms. The molecule has 76 valence electrons. The van der Waals surface area contributed by atoms with Crippen LogP contribution in [-0.2, 0) is 0 Å². The molecule has 1 saturated carbocycles. The van der Waals surface area contributed by atoms with Gasteiger partial charge < -0.3 is 5.73 Å². The van der Waals surface area contributed by atoms with Crippen molar-refractivity contribution in [2.75, 3.05) is 5.73 Å². The van der Waals surface area contributed by atoms with Crippen LogP contribution in [0.1, 0.15) is 48.5 Å². The highest BCUT2D eigenvalue weighted by Gasteiger charge is 2.18. The van der Waals surface area contributed by atoms with Crippen molar-refractivity contribution in [2.45, 2.75) is 38.1 Å². The molecule has 1 fully saturated rings. The van der Waals surface area contributed by atoms with E-state index in [2.05, 4.69) is 5.10 Å².